The molecule has 0 aromatic rings. The molecular formula is C17H28N4O4. The maximum Gasteiger partial charge on any atom is 0.410 e. The van der Waals surface area contributed by atoms with Crippen molar-refractivity contribution in [2.24, 2.45) is 0 Å². The Kier molecular flexibility index (Phi) is 8.22. The molecule has 0 spiro atoms. The third-order valence-corrected chi connectivity index (χ3v) is 3.45. The summed E-state index contributed by atoms with van der Waals surface area (Å²) in [6.07, 6.45) is 1.90. The zero-order valence-corrected chi connectivity index (χ0v) is 15.5. The van der Waals surface area contributed by atoms with Crippen LogP contribution < -0.4 is 5.32 Å². The zero-order chi connectivity index (χ0) is 18.9. The van der Waals surface area contributed by atoms with E-state index in [9.17, 15) is 14.9 Å². The number of piperazine rings is 1. The van der Waals surface area contributed by atoms with Crippen molar-refractivity contribution < 1.29 is 19.1 Å². The number of nitriles is 1. The van der Waals surface area contributed by atoms with Gasteiger partial charge in [0.2, 0.25) is 0 Å². The molecule has 1 N–H and O–H groups in total. The van der Waals surface area contributed by atoms with Crippen LogP contribution in [0.5, 0.6) is 0 Å². The molecule has 0 aromatic carbocycles. The van der Waals surface area contributed by atoms with Crippen molar-refractivity contribution in [2.45, 2.75) is 32.8 Å². The van der Waals surface area contributed by atoms with E-state index in [1.807, 2.05) is 31.7 Å². The van der Waals surface area contributed by atoms with Crippen LogP contribution in [0.15, 0.2) is 11.8 Å². The maximum atomic E-state index is 12.0. The molecule has 1 heterocycles. The fourth-order valence-corrected chi connectivity index (χ4v) is 2.19. The predicted octanol–water partition coefficient (Wildman–Crippen LogP) is 1.10. The van der Waals surface area contributed by atoms with E-state index in [1.165, 1.54) is 0 Å². The molecule has 0 radical (unpaired) electrons. The van der Waals surface area contributed by atoms with Gasteiger partial charge in [0.05, 0.1) is 0 Å². The lowest BCUT2D eigenvalue weighted by Crippen LogP contribution is -2.48. The summed E-state index contributed by atoms with van der Waals surface area (Å²) in [5.74, 6) is -0.395. The molecule has 140 valence electrons. The smallest absolute Gasteiger partial charge is 0.410 e. The van der Waals surface area contributed by atoms with Gasteiger partial charge in [-0.15, -0.1) is 0 Å². The lowest BCUT2D eigenvalue weighted by molar-refractivity contribution is -0.117. The number of rotatable bonds is 6. The van der Waals surface area contributed by atoms with Gasteiger partial charge < -0.3 is 24.6 Å². The first-order valence-corrected chi connectivity index (χ1v) is 8.38. The van der Waals surface area contributed by atoms with Gasteiger partial charge in [-0.1, -0.05) is 0 Å². The number of hydrogen-bond donors (Lipinski definition) is 1. The van der Waals surface area contributed by atoms with E-state index in [2.05, 4.69) is 5.32 Å². The van der Waals surface area contributed by atoms with Crippen molar-refractivity contribution in [3.05, 3.63) is 11.8 Å². The van der Waals surface area contributed by atoms with Gasteiger partial charge in [-0.3, -0.25) is 4.79 Å². The number of hydrogen-bond acceptors (Lipinski definition) is 6. The van der Waals surface area contributed by atoms with Crippen LogP contribution in [-0.2, 0) is 14.3 Å². The Morgan fingerprint density at radius 3 is 2.40 bits per heavy atom. The molecule has 1 saturated heterocycles. The highest BCUT2D eigenvalue weighted by Gasteiger charge is 2.25. The highest BCUT2D eigenvalue weighted by atomic mass is 16.6. The summed E-state index contributed by atoms with van der Waals surface area (Å²) in [5, 5.41) is 11.9. The molecule has 8 nitrogen and oxygen atoms in total. The van der Waals surface area contributed by atoms with Crippen LogP contribution in [0.4, 0.5) is 4.79 Å². The van der Waals surface area contributed by atoms with Gasteiger partial charge in [-0.05, 0) is 27.2 Å². The second-order valence-corrected chi connectivity index (χ2v) is 6.76. The molecule has 2 amide bonds. The molecule has 8 heteroatoms. The van der Waals surface area contributed by atoms with E-state index >= 15 is 0 Å². The number of carbonyl (C=O) groups is 2. The molecule has 25 heavy (non-hydrogen) atoms. The monoisotopic (exact) mass is 352 g/mol. The van der Waals surface area contributed by atoms with E-state index < -0.39 is 11.5 Å². The van der Waals surface area contributed by atoms with Crippen molar-refractivity contribution in [2.75, 3.05) is 46.4 Å². The largest absolute Gasteiger partial charge is 0.444 e. The first-order valence-electron chi connectivity index (χ1n) is 8.38. The van der Waals surface area contributed by atoms with Crippen molar-refractivity contribution in [1.82, 2.24) is 15.1 Å². The van der Waals surface area contributed by atoms with E-state index in [4.69, 9.17) is 9.47 Å². The average molecular weight is 352 g/mol. The standard InChI is InChI=1S/C17H28N4O4/c1-17(2,3)25-16(23)21-9-7-20(8-10-21)13-14(12-18)15(22)19-6-5-11-24-4/h13H,5-11H2,1-4H3,(H,19,22)/b14-13-. The van der Waals surface area contributed by atoms with Gasteiger partial charge in [0.1, 0.15) is 17.2 Å². The van der Waals surface area contributed by atoms with Crippen LogP contribution in [0.1, 0.15) is 27.2 Å². The van der Waals surface area contributed by atoms with Gasteiger partial charge in [0.25, 0.3) is 5.91 Å². The van der Waals surface area contributed by atoms with E-state index in [0.717, 1.165) is 0 Å². The Balaban J connectivity index is 2.49. The molecule has 1 aliphatic rings. The second-order valence-electron chi connectivity index (χ2n) is 6.76. The number of nitrogens with one attached hydrogen (secondary N) is 1. The van der Waals surface area contributed by atoms with E-state index in [1.54, 1.807) is 18.2 Å². The van der Waals surface area contributed by atoms with Gasteiger partial charge in [0, 0.05) is 52.6 Å². The van der Waals surface area contributed by atoms with Crippen molar-refractivity contribution >= 4 is 12.0 Å². The van der Waals surface area contributed by atoms with Crippen LogP contribution in [-0.4, -0.2) is 73.8 Å². The van der Waals surface area contributed by atoms with Gasteiger partial charge >= 0.3 is 6.09 Å². The Bertz CT molecular complexity index is 526. The van der Waals surface area contributed by atoms with Gasteiger partial charge in [0.15, 0.2) is 0 Å². The van der Waals surface area contributed by atoms with Crippen molar-refractivity contribution in [1.29, 1.82) is 5.26 Å². The lowest BCUT2D eigenvalue weighted by atomic mass is 10.2. The lowest BCUT2D eigenvalue weighted by Gasteiger charge is -2.35. The molecule has 1 fully saturated rings. The van der Waals surface area contributed by atoms with Crippen LogP contribution >= 0.6 is 0 Å². The molecule has 1 rings (SSSR count). The first-order chi connectivity index (χ1) is 11.8. The summed E-state index contributed by atoms with van der Waals surface area (Å²) in [4.78, 5) is 27.5. The Hall–Kier alpha value is -2.27. The summed E-state index contributed by atoms with van der Waals surface area (Å²) in [5.41, 5.74) is -0.466. The molecule has 1 aliphatic heterocycles. The third-order valence-electron chi connectivity index (χ3n) is 3.45. The molecule has 0 saturated carbocycles. The summed E-state index contributed by atoms with van der Waals surface area (Å²) in [7, 11) is 1.60. The molecule has 0 aromatic heterocycles. The Morgan fingerprint density at radius 1 is 1.24 bits per heavy atom. The van der Waals surface area contributed by atoms with Crippen LogP contribution in [0, 0.1) is 11.3 Å². The zero-order valence-electron chi connectivity index (χ0n) is 15.5. The summed E-state index contributed by atoms with van der Waals surface area (Å²) < 4.78 is 10.3. The second kappa shape index (κ2) is 9.89. The van der Waals surface area contributed by atoms with Crippen LogP contribution in [0.2, 0.25) is 0 Å². The fourth-order valence-electron chi connectivity index (χ4n) is 2.19. The van der Waals surface area contributed by atoms with Gasteiger partial charge in [-0.25, -0.2) is 4.79 Å². The van der Waals surface area contributed by atoms with Gasteiger partial charge in [-0.2, -0.15) is 5.26 Å². The van der Waals surface area contributed by atoms with E-state index in [-0.39, 0.29) is 11.7 Å². The quantitative estimate of drug-likeness (QED) is 0.437. The van der Waals surface area contributed by atoms with Crippen molar-refractivity contribution in [3.8, 4) is 6.07 Å². The number of methoxy groups -OCH3 is 1. The third kappa shape index (κ3) is 7.90. The molecule has 0 atom stereocenters. The number of carbonyl (C=O) groups excluding carboxylic acids is 2. The Morgan fingerprint density at radius 2 is 1.88 bits per heavy atom. The topological polar surface area (TPSA) is 94.9 Å². The molecule has 0 aliphatic carbocycles. The minimum Gasteiger partial charge on any atom is -0.444 e. The number of nitrogens with zero attached hydrogens (tertiary/aromatic N) is 3. The summed E-state index contributed by atoms with van der Waals surface area (Å²) in [6, 6.07) is 1.93. The molecule has 0 unspecified atom stereocenters. The first kappa shape index (κ1) is 20.8. The van der Waals surface area contributed by atoms with E-state index in [0.29, 0.717) is 45.8 Å². The minimum absolute atomic E-state index is 0.0585. The normalized spacial score (nSPS) is 15.6. The summed E-state index contributed by atoms with van der Waals surface area (Å²) in [6.45, 7) is 8.55. The maximum absolute atomic E-state index is 12.0. The number of amides is 2. The number of ether oxygens (including phenoxy) is 2. The van der Waals surface area contributed by atoms with Crippen molar-refractivity contribution in [3.63, 3.8) is 0 Å². The Labute approximate surface area is 149 Å². The SMILES string of the molecule is COCCCNC(=O)/C(C#N)=C\N1CCN(C(=O)OC(C)(C)C)CC1. The molecule has 0 bridgehead atoms. The van der Waals surface area contributed by atoms with Crippen LogP contribution in [0.3, 0.4) is 0 Å². The highest BCUT2D eigenvalue weighted by molar-refractivity contribution is 5.97. The summed E-state index contributed by atoms with van der Waals surface area (Å²) >= 11 is 0. The average Bonchev–Trinajstić information content (AvgIpc) is 2.55. The van der Waals surface area contributed by atoms with Crippen LogP contribution in [0.25, 0.3) is 0 Å². The highest BCUT2D eigenvalue weighted by Crippen LogP contribution is 2.12. The molecular weight excluding hydrogens is 324 g/mol. The fraction of sp³-hybridized carbons (Fsp3) is 0.706. The predicted molar refractivity (Wildman–Crippen MR) is 92.6 cm³/mol. The minimum atomic E-state index is -0.525.